The van der Waals surface area contributed by atoms with Crippen LogP contribution in [0.4, 0.5) is 5.69 Å². The highest BCUT2D eigenvalue weighted by Gasteiger charge is 2.15. The molecule has 0 aliphatic carbocycles. The van der Waals surface area contributed by atoms with Crippen LogP contribution in [0.3, 0.4) is 0 Å². The van der Waals surface area contributed by atoms with E-state index in [0.717, 1.165) is 11.3 Å². The Hall–Kier alpha value is -2.07. The first-order valence-corrected chi connectivity index (χ1v) is 6.55. The van der Waals surface area contributed by atoms with E-state index in [1.165, 1.54) is 0 Å². The molecule has 20 heavy (non-hydrogen) atoms. The van der Waals surface area contributed by atoms with Crippen molar-refractivity contribution in [1.82, 2.24) is 4.98 Å². The predicted molar refractivity (Wildman–Crippen MR) is 79.4 cm³/mol. The number of carboxylic acid groups (broad SMARTS) is 1. The largest absolute Gasteiger partial charge is 0.478 e. The second kappa shape index (κ2) is 5.92. The Kier molecular flexibility index (Phi) is 4.25. The minimum atomic E-state index is -0.978. The molecule has 1 heterocycles. The van der Waals surface area contributed by atoms with Crippen LogP contribution >= 0.6 is 11.6 Å². The summed E-state index contributed by atoms with van der Waals surface area (Å²) in [6.07, 6.45) is 0. The zero-order valence-electron chi connectivity index (χ0n) is 11.3. The third-order valence-electron chi connectivity index (χ3n) is 2.94. The van der Waals surface area contributed by atoms with Gasteiger partial charge in [-0.25, -0.2) is 4.79 Å². The van der Waals surface area contributed by atoms with E-state index in [0.29, 0.717) is 22.9 Å². The third kappa shape index (κ3) is 3.27. The van der Waals surface area contributed by atoms with E-state index in [1.807, 2.05) is 19.1 Å². The maximum atomic E-state index is 11.3. The normalized spacial score (nSPS) is 10.3. The number of aryl methyl sites for hydroxylation is 2. The number of aromatic carboxylic acids is 1. The van der Waals surface area contributed by atoms with Crippen molar-refractivity contribution >= 4 is 23.3 Å². The quantitative estimate of drug-likeness (QED) is 0.902. The summed E-state index contributed by atoms with van der Waals surface area (Å²) in [7, 11) is 0. The molecule has 0 spiro atoms. The first kappa shape index (κ1) is 14.3. The summed E-state index contributed by atoms with van der Waals surface area (Å²) in [6, 6.07) is 9.15. The lowest BCUT2D eigenvalue weighted by molar-refractivity contribution is 0.0696. The SMILES string of the molecule is Cc1cc(NCc2ccc(Cl)cc2)c(C(=O)O)c(C)n1. The highest BCUT2D eigenvalue weighted by atomic mass is 35.5. The molecule has 0 aliphatic rings. The van der Waals surface area contributed by atoms with Crippen LogP contribution < -0.4 is 5.32 Å². The first-order chi connectivity index (χ1) is 9.47. The molecule has 4 nitrogen and oxygen atoms in total. The number of hydrogen-bond acceptors (Lipinski definition) is 3. The predicted octanol–water partition coefficient (Wildman–Crippen LogP) is 3.66. The van der Waals surface area contributed by atoms with Crippen LogP contribution in [0.15, 0.2) is 30.3 Å². The number of aromatic nitrogens is 1. The zero-order chi connectivity index (χ0) is 14.7. The molecule has 5 heteroatoms. The molecular weight excluding hydrogens is 276 g/mol. The number of benzene rings is 1. The van der Waals surface area contributed by atoms with E-state index >= 15 is 0 Å². The lowest BCUT2D eigenvalue weighted by Crippen LogP contribution is -2.10. The van der Waals surface area contributed by atoms with Crippen LogP contribution in [-0.2, 0) is 6.54 Å². The number of carboxylic acids is 1. The van der Waals surface area contributed by atoms with Crippen molar-refractivity contribution in [3.63, 3.8) is 0 Å². The molecule has 0 unspecified atom stereocenters. The number of anilines is 1. The average Bonchev–Trinajstić information content (AvgIpc) is 2.36. The van der Waals surface area contributed by atoms with Crippen molar-refractivity contribution in [2.24, 2.45) is 0 Å². The van der Waals surface area contributed by atoms with E-state index in [9.17, 15) is 9.90 Å². The van der Waals surface area contributed by atoms with E-state index < -0.39 is 5.97 Å². The van der Waals surface area contributed by atoms with E-state index in [4.69, 9.17) is 11.6 Å². The van der Waals surface area contributed by atoms with E-state index in [-0.39, 0.29) is 5.56 Å². The fraction of sp³-hybridized carbons (Fsp3) is 0.200. The van der Waals surface area contributed by atoms with Gasteiger partial charge in [-0.2, -0.15) is 0 Å². The maximum absolute atomic E-state index is 11.3. The number of carbonyl (C=O) groups is 1. The van der Waals surface area contributed by atoms with Crippen molar-refractivity contribution < 1.29 is 9.90 Å². The third-order valence-corrected chi connectivity index (χ3v) is 3.19. The van der Waals surface area contributed by atoms with Crippen LogP contribution in [0, 0.1) is 13.8 Å². The summed E-state index contributed by atoms with van der Waals surface area (Å²) in [6.45, 7) is 4.07. The topological polar surface area (TPSA) is 62.2 Å². The van der Waals surface area contributed by atoms with Gasteiger partial charge in [0.15, 0.2) is 0 Å². The molecule has 0 radical (unpaired) electrons. The minimum absolute atomic E-state index is 0.213. The zero-order valence-corrected chi connectivity index (χ0v) is 12.0. The highest BCUT2D eigenvalue weighted by Crippen LogP contribution is 2.21. The summed E-state index contributed by atoms with van der Waals surface area (Å²) in [5.41, 5.74) is 3.11. The van der Waals surface area contributed by atoms with Crippen LogP contribution in [0.1, 0.15) is 27.3 Å². The minimum Gasteiger partial charge on any atom is -0.478 e. The Labute approximate surface area is 122 Å². The second-order valence-corrected chi connectivity index (χ2v) is 4.99. The van der Waals surface area contributed by atoms with E-state index in [1.54, 1.807) is 25.1 Å². The average molecular weight is 291 g/mol. The Morgan fingerprint density at radius 2 is 1.95 bits per heavy atom. The van der Waals surface area contributed by atoms with Gasteiger partial charge in [0.25, 0.3) is 0 Å². The molecule has 2 N–H and O–H groups in total. The van der Waals surface area contributed by atoms with Crippen LogP contribution in [0.5, 0.6) is 0 Å². The van der Waals surface area contributed by atoms with Gasteiger partial charge in [-0.05, 0) is 37.6 Å². The maximum Gasteiger partial charge on any atom is 0.339 e. The summed E-state index contributed by atoms with van der Waals surface area (Å²) >= 11 is 5.83. The molecule has 1 aromatic heterocycles. The first-order valence-electron chi connectivity index (χ1n) is 6.17. The van der Waals surface area contributed by atoms with Crippen molar-refractivity contribution in [3.05, 3.63) is 57.9 Å². The Balaban J connectivity index is 2.24. The van der Waals surface area contributed by atoms with Gasteiger partial charge in [0.1, 0.15) is 5.56 Å². The molecule has 0 amide bonds. The molecule has 0 atom stereocenters. The van der Waals surface area contributed by atoms with Gasteiger partial charge in [-0.1, -0.05) is 23.7 Å². The van der Waals surface area contributed by atoms with Gasteiger partial charge in [-0.15, -0.1) is 0 Å². The number of pyridine rings is 1. The van der Waals surface area contributed by atoms with Gasteiger partial charge < -0.3 is 10.4 Å². The fourth-order valence-electron chi connectivity index (χ4n) is 2.04. The summed E-state index contributed by atoms with van der Waals surface area (Å²) in [5.74, 6) is -0.978. The molecule has 0 bridgehead atoms. The van der Waals surface area contributed by atoms with Crippen molar-refractivity contribution in [2.75, 3.05) is 5.32 Å². The van der Waals surface area contributed by atoms with Crippen LogP contribution in [0.2, 0.25) is 5.02 Å². The monoisotopic (exact) mass is 290 g/mol. The number of nitrogens with zero attached hydrogens (tertiary/aromatic N) is 1. The van der Waals surface area contributed by atoms with Gasteiger partial charge in [-0.3, -0.25) is 4.98 Å². The number of halogens is 1. The van der Waals surface area contributed by atoms with Crippen LogP contribution in [-0.4, -0.2) is 16.1 Å². The van der Waals surface area contributed by atoms with Crippen molar-refractivity contribution in [1.29, 1.82) is 0 Å². The second-order valence-electron chi connectivity index (χ2n) is 4.56. The van der Waals surface area contributed by atoms with Gasteiger partial charge in [0.2, 0.25) is 0 Å². The molecule has 0 fully saturated rings. The molecule has 0 aliphatic heterocycles. The molecule has 0 saturated heterocycles. The highest BCUT2D eigenvalue weighted by molar-refractivity contribution is 6.30. The number of rotatable bonds is 4. The van der Waals surface area contributed by atoms with Gasteiger partial charge in [0, 0.05) is 17.3 Å². The smallest absolute Gasteiger partial charge is 0.339 e. The van der Waals surface area contributed by atoms with Crippen molar-refractivity contribution in [2.45, 2.75) is 20.4 Å². The van der Waals surface area contributed by atoms with Crippen LogP contribution in [0.25, 0.3) is 0 Å². The summed E-state index contributed by atoms with van der Waals surface area (Å²) in [5, 5.41) is 13.1. The molecule has 1 aromatic carbocycles. The summed E-state index contributed by atoms with van der Waals surface area (Å²) in [4.78, 5) is 15.5. The lowest BCUT2D eigenvalue weighted by atomic mass is 10.1. The molecule has 0 saturated carbocycles. The fourth-order valence-corrected chi connectivity index (χ4v) is 2.16. The van der Waals surface area contributed by atoms with Gasteiger partial charge >= 0.3 is 5.97 Å². The molecule has 2 aromatic rings. The van der Waals surface area contributed by atoms with Crippen molar-refractivity contribution in [3.8, 4) is 0 Å². The Bertz CT molecular complexity index is 639. The lowest BCUT2D eigenvalue weighted by Gasteiger charge is -2.12. The molecule has 104 valence electrons. The van der Waals surface area contributed by atoms with E-state index in [2.05, 4.69) is 10.3 Å². The Morgan fingerprint density at radius 3 is 2.55 bits per heavy atom. The number of hydrogen-bond donors (Lipinski definition) is 2. The Morgan fingerprint density at radius 1 is 1.30 bits per heavy atom. The number of nitrogens with one attached hydrogen (secondary N) is 1. The summed E-state index contributed by atoms with van der Waals surface area (Å²) < 4.78 is 0. The molecule has 2 rings (SSSR count). The van der Waals surface area contributed by atoms with Gasteiger partial charge in [0.05, 0.1) is 11.4 Å². The standard InChI is InChI=1S/C15H15ClN2O2/c1-9-7-13(14(15(19)20)10(2)18-9)17-8-11-3-5-12(16)6-4-11/h3-7H,8H2,1-2H3,(H,17,18)(H,19,20). The molecular formula is C15H15ClN2O2.